The summed E-state index contributed by atoms with van der Waals surface area (Å²) < 4.78 is 1.89. The van der Waals surface area contributed by atoms with Gasteiger partial charge in [0.1, 0.15) is 0 Å². The number of rotatable bonds is 5. The van der Waals surface area contributed by atoms with Gasteiger partial charge in [0.05, 0.1) is 12.2 Å². The molecule has 6 nitrogen and oxygen atoms in total. The topological polar surface area (TPSA) is 48.7 Å². The van der Waals surface area contributed by atoms with Crippen molar-refractivity contribution in [2.75, 3.05) is 39.8 Å². The van der Waals surface area contributed by atoms with Crippen molar-refractivity contribution < 1.29 is 0 Å². The molecule has 0 saturated carbocycles. The Morgan fingerprint density at radius 1 is 1.15 bits per heavy atom. The molecular weight excluding hydrogens is 324 g/mol. The van der Waals surface area contributed by atoms with E-state index in [1.54, 1.807) is 0 Å². The summed E-state index contributed by atoms with van der Waals surface area (Å²) >= 11 is 0. The third-order valence-electron chi connectivity index (χ3n) is 4.71. The van der Waals surface area contributed by atoms with Crippen LogP contribution >= 0.6 is 0 Å². The Morgan fingerprint density at radius 3 is 2.58 bits per heavy atom. The molecule has 26 heavy (non-hydrogen) atoms. The van der Waals surface area contributed by atoms with E-state index in [0.717, 1.165) is 50.9 Å². The fraction of sp³-hybridized carbons (Fsp3) is 0.400. The molecule has 0 aliphatic carbocycles. The van der Waals surface area contributed by atoms with E-state index < -0.39 is 0 Å². The Kier molecular flexibility index (Phi) is 6.44. The van der Waals surface area contributed by atoms with E-state index in [1.807, 2.05) is 37.1 Å². The molecule has 0 atom stereocenters. The van der Waals surface area contributed by atoms with E-state index in [-0.39, 0.29) is 0 Å². The summed E-state index contributed by atoms with van der Waals surface area (Å²) in [5, 5.41) is 7.65. The first-order valence-electron chi connectivity index (χ1n) is 9.12. The molecule has 0 spiro atoms. The quantitative estimate of drug-likeness (QED) is 0.659. The maximum atomic E-state index is 4.44. The smallest absolute Gasteiger partial charge is 0.194 e. The van der Waals surface area contributed by atoms with Crippen LogP contribution in [0.25, 0.3) is 6.08 Å². The Morgan fingerprint density at radius 2 is 1.92 bits per heavy atom. The Hall–Kier alpha value is -2.60. The number of nitrogens with one attached hydrogen (secondary N) is 1. The number of aliphatic imine (C=N–C) groups is 1. The van der Waals surface area contributed by atoms with Crippen molar-refractivity contribution in [3.63, 3.8) is 0 Å². The molecule has 1 aromatic carbocycles. The van der Waals surface area contributed by atoms with Crippen LogP contribution in [0.2, 0.25) is 0 Å². The summed E-state index contributed by atoms with van der Waals surface area (Å²) in [5.74, 6) is 0.964. The lowest BCUT2D eigenvalue weighted by atomic mass is 10.2. The van der Waals surface area contributed by atoms with E-state index in [2.05, 4.69) is 61.6 Å². The molecule has 3 rings (SSSR count). The van der Waals surface area contributed by atoms with E-state index in [9.17, 15) is 0 Å². The first kappa shape index (κ1) is 18.2. The van der Waals surface area contributed by atoms with Crippen molar-refractivity contribution in [2.45, 2.75) is 6.54 Å². The molecule has 1 saturated heterocycles. The van der Waals surface area contributed by atoms with Gasteiger partial charge >= 0.3 is 0 Å². The zero-order valence-corrected chi connectivity index (χ0v) is 15.7. The Labute approximate surface area is 155 Å². The fourth-order valence-electron chi connectivity index (χ4n) is 3.12. The number of nitrogens with zero attached hydrogens (tertiary/aromatic N) is 5. The molecule has 1 aromatic heterocycles. The Balaban J connectivity index is 1.43. The van der Waals surface area contributed by atoms with Gasteiger partial charge in [-0.25, -0.2) is 0 Å². The number of aryl methyl sites for hydroxylation is 1. The Bertz CT molecular complexity index is 726. The van der Waals surface area contributed by atoms with Gasteiger partial charge in [-0.3, -0.25) is 14.6 Å². The lowest BCUT2D eigenvalue weighted by Gasteiger charge is -2.36. The summed E-state index contributed by atoms with van der Waals surface area (Å²) in [6.45, 7) is 5.80. The number of hydrogen-bond acceptors (Lipinski definition) is 3. The van der Waals surface area contributed by atoms with Crippen molar-refractivity contribution >= 4 is 12.0 Å². The molecule has 138 valence electrons. The zero-order chi connectivity index (χ0) is 18.2. The second kappa shape index (κ2) is 9.20. The van der Waals surface area contributed by atoms with Gasteiger partial charge in [0.2, 0.25) is 0 Å². The van der Waals surface area contributed by atoms with Crippen LogP contribution in [0.5, 0.6) is 0 Å². The van der Waals surface area contributed by atoms with Crippen molar-refractivity contribution in [3.05, 3.63) is 59.9 Å². The minimum atomic E-state index is 0.739. The first-order valence-corrected chi connectivity index (χ1v) is 9.12. The van der Waals surface area contributed by atoms with Crippen molar-refractivity contribution in [1.29, 1.82) is 0 Å². The summed E-state index contributed by atoms with van der Waals surface area (Å²) in [6, 6.07) is 12.5. The van der Waals surface area contributed by atoms with Gasteiger partial charge in [-0.15, -0.1) is 0 Å². The minimum Gasteiger partial charge on any atom is -0.351 e. The molecule has 2 heterocycles. The van der Waals surface area contributed by atoms with Gasteiger partial charge in [-0.1, -0.05) is 42.5 Å². The second-order valence-electron chi connectivity index (χ2n) is 6.45. The van der Waals surface area contributed by atoms with Crippen molar-refractivity contribution in [3.8, 4) is 0 Å². The highest BCUT2D eigenvalue weighted by Crippen LogP contribution is 2.05. The summed E-state index contributed by atoms with van der Waals surface area (Å²) in [5.41, 5.74) is 2.40. The van der Waals surface area contributed by atoms with Crippen LogP contribution in [-0.4, -0.2) is 65.3 Å². The van der Waals surface area contributed by atoms with Crippen LogP contribution in [0.15, 0.2) is 53.7 Å². The maximum absolute atomic E-state index is 4.44. The van der Waals surface area contributed by atoms with Gasteiger partial charge in [-0.05, 0) is 11.6 Å². The highest BCUT2D eigenvalue weighted by molar-refractivity contribution is 5.79. The highest BCUT2D eigenvalue weighted by Gasteiger charge is 2.18. The average Bonchev–Trinajstić information content (AvgIpc) is 3.09. The van der Waals surface area contributed by atoms with Crippen LogP contribution in [0.4, 0.5) is 0 Å². The zero-order valence-electron chi connectivity index (χ0n) is 15.7. The fourth-order valence-corrected chi connectivity index (χ4v) is 3.12. The highest BCUT2D eigenvalue weighted by atomic mass is 15.3. The maximum Gasteiger partial charge on any atom is 0.194 e. The molecule has 0 radical (unpaired) electrons. The monoisotopic (exact) mass is 352 g/mol. The third-order valence-corrected chi connectivity index (χ3v) is 4.71. The summed E-state index contributed by atoms with van der Waals surface area (Å²) in [4.78, 5) is 9.24. The molecule has 1 N–H and O–H groups in total. The van der Waals surface area contributed by atoms with Gasteiger partial charge < -0.3 is 10.2 Å². The van der Waals surface area contributed by atoms with Crippen LogP contribution in [0.3, 0.4) is 0 Å². The molecule has 0 unspecified atom stereocenters. The number of piperazine rings is 1. The number of guanidine groups is 1. The molecule has 6 heteroatoms. The average molecular weight is 352 g/mol. The molecule has 1 fully saturated rings. The van der Waals surface area contributed by atoms with Crippen molar-refractivity contribution in [2.24, 2.45) is 12.0 Å². The minimum absolute atomic E-state index is 0.739. The van der Waals surface area contributed by atoms with Gasteiger partial charge in [0.15, 0.2) is 5.96 Å². The molecule has 2 aromatic rings. The molecular formula is C20H28N6. The normalized spacial score (nSPS) is 16.4. The van der Waals surface area contributed by atoms with E-state index >= 15 is 0 Å². The van der Waals surface area contributed by atoms with Crippen LogP contribution < -0.4 is 5.32 Å². The number of aromatic nitrogens is 2. The predicted molar refractivity (Wildman–Crippen MR) is 107 cm³/mol. The SMILES string of the molecule is CN=C(NCc1ccnn1C)N1CCN(CC=Cc2ccccc2)CC1. The molecule has 0 amide bonds. The lowest BCUT2D eigenvalue weighted by molar-refractivity contribution is 0.194. The number of hydrogen-bond donors (Lipinski definition) is 1. The molecule has 1 aliphatic rings. The molecule has 1 aliphatic heterocycles. The van der Waals surface area contributed by atoms with E-state index in [0.29, 0.717) is 0 Å². The second-order valence-corrected chi connectivity index (χ2v) is 6.45. The van der Waals surface area contributed by atoms with Gasteiger partial charge in [0, 0.05) is 53.0 Å². The first-order chi connectivity index (χ1) is 12.8. The molecule has 0 bridgehead atoms. The summed E-state index contributed by atoms with van der Waals surface area (Å²) in [7, 11) is 3.81. The third kappa shape index (κ3) is 4.95. The van der Waals surface area contributed by atoms with Crippen LogP contribution in [0, 0.1) is 0 Å². The van der Waals surface area contributed by atoms with E-state index in [4.69, 9.17) is 0 Å². The van der Waals surface area contributed by atoms with Gasteiger partial charge in [-0.2, -0.15) is 5.10 Å². The van der Waals surface area contributed by atoms with Crippen LogP contribution in [0.1, 0.15) is 11.3 Å². The van der Waals surface area contributed by atoms with Crippen LogP contribution in [-0.2, 0) is 13.6 Å². The predicted octanol–water partition coefficient (Wildman–Crippen LogP) is 1.83. The standard InChI is InChI=1S/C20H28N6/c1-21-20(22-17-19-10-11-23-24(19)2)26-15-13-25(14-16-26)12-6-9-18-7-4-3-5-8-18/h3-11H,12-17H2,1-2H3,(H,21,22). The largest absolute Gasteiger partial charge is 0.351 e. The van der Waals surface area contributed by atoms with E-state index in [1.165, 1.54) is 5.56 Å². The van der Waals surface area contributed by atoms with Crippen molar-refractivity contribution in [1.82, 2.24) is 24.9 Å². The van der Waals surface area contributed by atoms with Gasteiger partial charge in [0.25, 0.3) is 0 Å². The lowest BCUT2D eigenvalue weighted by Crippen LogP contribution is -2.52. The number of benzene rings is 1. The summed E-state index contributed by atoms with van der Waals surface area (Å²) in [6.07, 6.45) is 6.27.